The first-order valence-corrected chi connectivity index (χ1v) is 11.0. The van der Waals surface area contributed by atoms with Gasteiger partial charge in [-0.1, -0.05) is 48.9 Å². The van der Waals surface area contributed by atoms with Gasteiger partial charge in [0.15, 0.2) is 0 Å². The number of fused-ring (bicyclic) bond motifs is 2. The molecule has 5 nitrogen and oxygen atoms in total. The highest BCUT2D eigenvalue weighted by molar-refractivity contribution is 5.90. The van der Waals surface area contributed by atoms with Crippen molar-refractivity contribution in [2.24, 2.45) is 11.8 Å². The average molecular weight is 401 g/mol. The van der Waals surface area contributed by atoms with Crippen LogP contribution in [0.15, 0.2) is 54.6 Å². The highest BCUT2D eigenvalue weighted by atomic mass is 16.2. The van der Waals surface area contributed by atoms with E-state index in [1.54, 1.807) is 0 Å². The molecular formula is C25H28N4O. The van der Waals surface area contributed by atoms with E-state index in [-0.39, 0.29) is 17.8 Å². The Hall–Kier alpha value is -2.95. The maximum atomic E-state index is 13.0. The molecule has 2 aliphatic rings. The van der Waals surface area contributed by atoms with E-state index in [4.69, 9.17) is 0 Å². The summed E-state index contributed by atoms with van der Waals surface area (Å²) in [6.45, 7) is 2.06. The standard InChI is InChI=1S/C25H28N4O/c1-17-6-5-9-21(14-17)29-23(13-11-18-7-3-2-4-8-18)27-24(28-29)25(30)26-22-16-19-10-12-20(22)15-19/h2-9,14,19-20,22H,10-13,15-16H2,1H3,(H,26,30). The first-order valence-electron chi connectivity index (χ1n) is 11.0. The summed E-state index contributed by atoms with van der Waals surface area (Å²) in [5.74, 6) is 2.39. The van der Waals surface area contributed by atoms with Crippen molar-refractivity contribution < 1.29 is 4.79 Å². The Morgan fingerprint density at radius 2 is 1.93 bits per heavy atom. The highest BCUT2D eigenvalue weighted by Crippen LogP contribution is 2.44. The van der Waals surface area contributed by atoms with Gasteiger partial charge in [0, 0.05) is 12.5 Å². The lowest BCUT2D eigenvalue weighted by atomic mass is 9.95. The van der Waals surface area contributed by atoms with Gasteiger partial charge in [0.05, 0.1) is 5.69 Å². The molecule has 5 heteroatoms. The number of benzene rings is 2. The number of nitrogens with one attached hydrogen (secondary N) is 1. The monoisotopic (exact) mass is 400 g/mol. The van der Waals surface area contributed by atoms with Crippen molar-refractivity contribution in [2.75, 3.05) is 0 Å². The van der Waals surface area contributed by atoms with Crippen LogP contribution in [0.5, 0.6) is 0 Å². The lowest BCUT2D eigenvalue weighted by molar-refractivity contribution is 0.0912. The van der Waals surface area contributed by atoms with Gasteiger partial charge in [0.2, 0.25) is 5.82 Å². The molecule has 3 unspecified atom stereocenters. The van der Waals surface area contributed by atoms with Crippen molar-refractivity contribution in [3.63, 3.8) is 0 Å². The summed E-state index contributed by atoms with van der Waals surface area (Å²) in [4.78, 5) is 17.6. The maximum absolute atomic E-state index is 13.0. The second kappa shape index (κ2) is 8.05. The number of rotatable bonds is 6. The Balaban J connectivity index is 1.39. The fourth-order valence-electron chi connectivity index (χ4n) is 5.12. The molecule has 30 heavy (non-hydrogen) atoms. The van der Waals surface area contributed by atoms with Gasteiger partial charge in [0.25, 0.3) is 5.91 Å². The number of aromatic nitrogens is 3. The summed E-state index contributed by atoms with van der Waals surface area (Å²) in [6, 6.07) is 18.8. The number of hydrogen-bond donors (Lipinski definition) is 1. The Labute approximate surface area is 177 Å². The van der Waals surface area contributed by atoms with Crippen molar-refractivity contribution in [2.45, 2.75) is 51.5 Å². The number of carbonyl (C=O) groups excluding carboxylic acids is 1. The number of aryl methyl sites for hydroxylation is 3. The highest BCUT2D eigenvalue weighted by Gasteiger charge is 2.40. The zero-order valence-corrected chi connectivity index (χ0v) is 17.4. The molecule has 1 aromatic heterocycles. The van der Waals surface area contributed by atoms with Crippen molar-refractivity contribution >= 4 is 5.91 Å². The topological polar surface area (TPSA) is 59.8 Å². The Kier molecular flexibility index (Phi) is 5.11. The minimum absolute atomic E-state index is 0.139. The Morgan fingerprint density at radius 1 is 1.07 bits per heavy atom. The zero-order chi connectivity index (χ0) is 20.5. The number of carbonyl (C=O) groups is 1. The molecule has 1 heterocycles. The van der Waals surface area contributed by atoms with Crippen LogP contribution < -0.4 is 5.32 Å². The predicted molar refractivity (Wildman–Crippen MR) is 117 cm³/mol. The number of nitrogens with zero attached hydrogens (tertiary/aromatic N) is 3. The van der Waals surface area contributed by atoms with Gasteiger partial charge in [-0.15, -0.1) is 5.10 Å². The van der Waals surface area contributed by atoms with Crippen LogP contribution in [-0.2, 0) is 12.8 Å². The molecule has 1 N–H and O–H groups in total. The van der Waals surface area contributed by atoms with E-state index < -0.39 is 0 Å². The van der Waals surface area contributed by atoms with Crippen LogP contribution in [0.2, 0.25) is 0 Å². The molecular weight excluding hydrogens is 372 g/mol. The lowest BCUT2D eigenvalue weighted by Crippen LogP contribution is -2.39. The molecule has 5 rings (SSSR count). The molecule has 0 aliphatic heterocycles. The van der Waals surface area contributed by atoms with Gasteiger partial charge >= 0.3 is 0 Å². The molecule has 0 saturated heterocycles. The molecule has 3 atom stereocenters. The van der Waals surface area contributed by atoms with Crippen LogP contribution >= 0.6 is 0 Å². The zero-order valence-electron chi connectivity index (χ0n) is 17.4. The Bertz CT molecular complexity index is 1040. The molecule has 2 bridgehead atoms. The van der Waals surface area contributed by atoms with Crippen molar-refractivity contribution in [3.8, 4) is 5.69 Å². The van der Waals surface area contributed by atoms with Crippen molar-refractivity contribution in [1.82, 2.24) is 20.1 Å². The summed E-state index contributed by atoms with van der Waals surface area (Å²) in [6.07, 6.45) is 6.52. The minimum atomic E-state index is -0.139. The van der Waals surface area contributed by atoms with Gasteiger partial charge in [-0.05, 0) is 67.7 Å². The fourth-order valence-corrected chi connectivity index (χ4v) is 5.12. The summed E-state index contributed by atoms with van der Waals surface area (Å²) < 4.78 is 1.84. The molecule has 0 spiro atoms. The second-order valence-electron chi connectivity index (χ2n) is 8.84. The predicted octanol–water partition coefficient (Wildman–Crippen LogP) is 4.28. The molecule has 3 aromatic rings. The molecule has 154 valence electrons. The van der Waals surface area contributed by atoms with Crippen LogP contribution in [-0.4, -0.2) is 26.7 Å². The molecule has 2 fully saturated rings. The van der Waals surface area contributed by atoms with E-state index >= 15 is 0 Å². The summed E-state index contributed by atoms with van der Waals surface area (Å²) in [5.41, 5.74) is 3.36. The molecule has 1 amide bonds. The molecule has 2 saturated carbocycles. The van der Waals surface area contributed by atoms with E-state index in [2.05, 4.69) is 58.7 Å². The van der Waals surface area contributed by atoms with Gasteiger partial charge in [-0.2, -0.15) is 0 Å². The largest absolute Gasteiger partial charge is 0.346 e. The fraction of sp³-hybridized carbons (Fsp3) is 0.400. The van der Waals surface area contributed by atoms with Crippen LogP contribution in [0.1, 0.15) is 53.3 Å². The number of hydrogen-bond acceptors (Lipinski definition) is 3. The molecule has 2 aliphatic carbocycles. The number of amides is 1. The van der Waals surface area contributed by atoms with E-state index in [0.717, 1.165) is 42.3 Å². The normalized spacial score (nSPS) is 22.4. The van der Waals surface area contributed by atoms with Crippen LogP contribution in [0.4, 0.5) is 0 Å². The van der Waals surface area contributed by atoms with Gasteiger partial charge in [-0.25, -0.2) is 9.67 Å². The van der Waals surface area contributed by atoms with Crippen molar-refractivity contribution in [3.05, 3.63) is 77.4 Å². The third kappa shape index (κ3) is 3.89. The van der Waals surface area contributed by atoms with Crippen LogP contribution in [0, 0.1) is 18.8 Å². The third-order valence-electron chi connectivity index (χ3n) is 6.66. The smallest absolute Gasteiger partial charge is 0.291 e. The van der Waals surface area contributed by atoms with Gasteiger partial charge in [0.1, 0.15) is 5.82 Å². The van der Waals surface area contributed by atoms with E-state index in [9.17, 15) is 4.79 Å². The lowest BCUT2D eigenvalue weighted by Gasteiger charge is -2.22. The minimum Gasteiger partial charge on any atom is -0.346 e. The molecule has 2 aromatic carbocycles. The van der Waals surface area contributed by atoms with Gasteiger partial charge < -0.3 is 5.32 Å². The van der Waals surface area contributed by atoms with E-state index in [1.165, 1.54) is 24.8 Å². The summed E-state index contributed by atoms with van der Waals surface area (Å²) in [7, 11) is 0. The average Bonchev–Trinajstić information content (AvgIpc) is 3.49. The second-order valence-corrected chi connectivity index (χ2v) is 8.84. The first kappa shape index (κ1) is 19.0. The van der Waals surface area contributed by atoms with E-state index in [1.807, 2.05) is 22.9 Å². The first-order chi connectivity index (χ1) is 14.7. The summed E-state index contributed by atoms with van der Waals surface area (Å²) >= 11 is 0. The van der Waals surface area contributed by atoms with Crippen molar-refractivity contribution in [1.29, 1.82) is 0 Å². The van der Waals surface area contributed by atoms with Gasteiger partial charge in [-0.3, -0.25) is 4.79 Å². The maximum Gasteiger partial charge on any atom is 0.291 e. The molecule has 0 radical (unpaired) electrons. The Morgan fingerprint density at radius 3 is 2.67 bits per heavy atom. The van der Waals surface area contributed by atoms with Crippen LogP contribution in [0.3, 0.4) is 0 Å². The third-order valence-corrected chi connectivity index (χ3v) is 6.66. The van der Waals surface area contributed by atoms with Crippen LogP contribution in [0.25, 0.3) is 5.69 Å². The SMILES string of the molecule is Cc1cccc(-n2nc(C(=O)NC3CC4CCC3C4)nc2CCc2ccccc2)c1. The van der Waals surface area contributed by atoms with E-state index in [0.29, 0.717) is 5.92 Å². The quantitative estimate of drug-likeness (QED) is 0.672. The summed E-state index contributed by atoms with van der Waals surface area (Å²) in [5, 5.41) is 7.86.